The molecule has 0 amide bonds. The van der Waals surface area contributed by atoms with Crippen molar-refractivity contribution in [3.63, 3.8) is 0 Å². The zero-order chi connectivity index (χ0) is 19.4. The molecule has 0 N–H and O–H groups in total. The van der Waals surface area contributed by atoms with Gasteiger partial charge in [-0.15, -0.1) is 0 Å². The summed E-state index contributed by atoms with van der Waals surface area (Å²) in [6.07, 6.45) is 8.21. The fraction of sp³-hybridized carbons (Fsp3) is 0.381. The number of unbranched alkanes of at least 4 members (excludes halogenated alkanes) is 1. The van der Waals surface area contributed by atoms with Gasteiger partial charge < -0.3 is 4.74 Å². The number of carbonyl (C=O) groups excluding carboxylic acids is 1. The summed E-state index contributed by atoms with van der Waals surface area (Å²) in [6, 6.07) is 6.02. The minimum absolute atomic E-state index is 0.0781. The van der Waals surface area contributed by atoms with Crippen molar-refractivity contribution in [2.45, 2.75) is 53.4 Å². The summed E-state index contributed by atoms with van der Waals surface area (Å²) in [5.74, 6) is -0.721. The van der Waals surface area contributed by atoms with Gasteiger partial charge in [0, 0.05) is 18.0 Å². The number of nitrogens with zero attached hydrogens (tertiary/aromatic N) is 2. The van der Waals surface area contributed by atoms with Crippen LogP contribution < -0.4 is 4.74 Å². The lowest BCUT2D eigenvalue weighted by atomic mass is 10.1. The lowest BCUT2D eigenvalue weighted by Gasteiger charge is -2.09. The molecule has 2 aromatic rings. The van der Waals surface area contributed by atoms with Crippen molar-refractivity contribution >= 4 is 5.97 Å². The van der Waals surface area contributed by atoms with Crippen LogP contribution in [0.2, 0.25) is 0 Å². The van der Waals surface area contributed by atoms with E-state index in [1.165, 1.54) is 12.1 Å². The van der Waals surface area contributed by atoms with Crippen LogP contribution in [0.3, 0.4) is 0 Å². The lowest BCUT2D eigenvalue weighted by Crippen LogP contribution is -2.10. The molecule has 0 saturated carbocycles. The van der Waals surface area contributed by atoms with Crippen LogP contribution in [-0.2, 0) is 4.79 Å². The van der Waals surface area contributed by atoms with Gasteiger partial charge in [-0.2, -0.15) is 0 Å². The molecule has 0 aliphatic heterocycles. The molecular formula is C21H27FN2O2. The van der Waals surface area contributed by atoms with E-state index in [1.807, 2.05) is 26.8 Å². The highest BCUT2D eigenvalue weighted by molar-refractivity contribution is 5.75. The Hall–Kier alpha value is -2.56. The highest BCUT2D eigenvalue weighted by Gasteiger charge is 2.13. The summed E-state index contributed by atoms with van der Waals surface area (Å²) in [7, 11) is 0. The lowest BCUT2D eigenvalue weighted by molar-refractivity contribution is -0.133. The van der Waals surface area contributed by atoms with Crippen molar-refractivity contribution in [1.29, 1.82) is 0 Å². The second-order valence-electron chi connectivity index (χ2n) is 5.42. The number of esters is 1. The number of aromatic nitrogens is 2. The van der Waals surface area contributed by atoms with Gasteiger partial charge in [0.15, 0.2) is 17.4 Å². The van der Waals surface area contributed by atoms with Crippen LogP contribution in [0, 0.1) is 5.82 Å². The number of allylic oxidation sites excluding steroid dienone is 1. The maximum atomic E-state index is 14.2. The van der Waals surface area contributed by atoms with Gasteiger partial charge in [-0.1, -0.05) is 38.8 Å². The van der Waals surface area contributed by atoms with Crippen LogP contribution in [0.4, 0.5) is 4.39 Å². The molecule has 0 bridgehead atoms. The van der Waals surface area contributed by atoms with Gasteiger partial charge in [0.05, 0.1) is 6.42 Å². The van der Waals surface area contributed by atoms with E-state index in [9.17, 15) is 9.18 Å². The summed E-state index contributed by atoms with van der Waals surface area (Å²) in [4.78, 5) is 20.1. The SMILES string of the molecule is C/C=C(\CCCC)CC(=O)Oc1ccc(-c2ncccn2)cc1F.CC. The highest BCUT2D eigenvalue weighted by atomic mass is 19.1. The maximum Gasteiger partial charge on any atom is 0.315 e. The molecule has 0 unspecified atom stereocenters. The molecule has 0 aliphatic rings. The molecule has 1 aromatic carbocycles. The fourth-order valence-corrected chi connectivity index (χ4v) is 2.25. The Balaban J connectivity index is 0.00000163. The molecule has 0 saturated heterocycles. The van der Waals surface area contributed by atoms with Crippen LogP contribution >= 0.6 is 0 Å². The van der Waals surface area contributed by atoms with Gasteiger partial charge in [0.25, 0.3) is 0 Å². The van der Waals surface area contributed by atoms with E-state index in [0.717, 1.165) is 24.8 Å². The third-order valence-corrected chi connectivity index (χ3v) is 3.61. The first-order valence-corrected chi connectivity index (χ1v) is 9.05. The Kier molecular flexibility index (Phi) is 9.83. The molecule has 4 nitrogen and oxygen atoms in total. The molecule has 26 heavy (non-hydrogen) atoms. The number of ether oxygens (including phenoxy) is 1. The van der Waals surface area contributed by atoms with Crippen molar-refractivity contribution in [1.82, 2.24) is 9.97 Å². The van der Waals surface area contributed by atoms with E-state index in [0.29, 0.717) is 11.4 Å². The quantitative estimate of drug-likeness (QED) is 0.360. The van der Waals surface area contributed by atoms with Gasteiger partial charge in [0.1, 0.15) is 0 Å². The molecule has 5 heteroatoms. The zero-order valence-electron chi connectivity index (χ0n) is 16.0. The normalized spacial score (nSPS) is 10.7. The molecule has 140 valence electrons. The van der Waals surface area contributed by atoms with Gasteiger partial charge >= 0.3 is 5.97 Å². The summed E-state index contributed by atoms with van der Waals surface area (Å²) < 4.78 is 19.3. The predicted octanol–water partition coefficient (Wildman–Crippen LogP) is 5.74. The van der Waals surface area contributed by atoms with Gasteiger partial charge in [-0.05, 0) is 44.0 Å². The Morgan fingerprint density at radius 1 is 1.23 bits per heavy atom. The Bertz CT molecular complexity index is 715. The minimum atomic E-state index is -0.608. The first-order valence-electron chi connectivity index (χ1n) is 9.05. The van der Waals surface area contributed by atoms with Crippen LogP contribution in [0.15, 0.2) is 48.3 Å². The number of halogens is 1. The van der Waals surface area contributed by atoms with E-state index in [4.69, 9.17) is 4.74 Å². The third kappa shape index (κ3) is 6.75. The van der Waals surface area contributed by atoms with Crippen molar-refractivity contribution in [2.24, 2.45) is 0 Å². The first-order chi connectivity index (χ1) is 12.6. The van der Waals surface area contributed by atoms with E-state index in [1.54, 1.807) is 24.5 Å². The molecule has 2 rings (SSSR count). The van der Waals surface area contributed by atoms with Crippen LogP contribution in [0.5, 0.6) is 5.75 Å². The summed E-state index contributed by atoms with van der Waals surface area (Å²) in [6.45, 7) is 7.99. The largest absolute Gasteiger partial charge is 0.423 e. The number of hydrogen-bond acceptors (Lipinski definition) is 4. The number of hydrogen-bond donors (Lipinski definition) is 0. The summed E-state index contributed by atoms with van der Waals surface area (Å²) in [5.41, 5.74) is 1.54. The molecule has 0 spiro atoms. The Morgan fingerprint density at radius 3 is 2.50 bits per heavy atom. The molecule has 0 radical (unpaired) electrons. The van der Waals surface area contributed by atoms with Crippen molar-refractivity contribution in [2.75, 3.05) is 0 Å². The summed E-state index contributed by atoms with van der Waals surface area (Å²) >= 11 is 0. The summed E-state index contributed by atoms with van der Waals surface area (Å²) in [5, 5.41) is 0. The van der Waals surface area contributed by atoms with Crippen LogP contribution in [-0.4, -0.2) is 15.9 Å². The number of rotatable bonds is 7. The topological polar surface area (TPSA) is 52.1 Å². The van der Waals surface area contributed by atoms with Gasteiger partial charge in [0.2, 0.25) is 0 Å². The van der Waals surface area contributed by atoms with E-state index < -0.39 is 11.8 Å². The molecular weight excluding hydrogens is 331 g/mol. The zero-order valence-corrected chi connectivity index (χ0v) is 16.0. The van der Waals surface area contributed by atoms with Crippen LogP contribution in [0.1, 0.15) is 53.4 Å². The smallest absolute Gasteiger partial charge is 0.315 e. The molecule has 1 heterocycles. The second kappa shape index (κ2) is 11.9. The van der Waals surface area contributed by atoms with E-state index in [2.05, 4.69) is 16.9 Å². The monoisotopic (exact) mass is 358 g/mol. The fourth-order valence-electron chi connectivity index (χ4n) is 2.25. The van der Waals surface area contributed by atoms with Crippen molar-refractivity contribution in [3.05, 3.63) is 54.1 Å². The van der Waals surface area contributed by atoms with Gasteiger partial charge in [-0.25, -0.2) is 14.4 Å². The number of benzene rings is 1. The molecule has 0 fully saturated rings. The van der Waals surface area contributed by atoms with Gasteiger partial charge in [-0.3, -0.25) is 4.79 Å². The van der Waals surface area contributed by atoms with Crippen molar-refractivity contribution in [3.8, 4) is 17.1 Å². The standard InChI is InChI=1S/C19H21FN2O2.C2H6/c1-3-5-7-14(4-2)12-18(23)24-17-9-8-15(13-16(17)20)19-21-10-6-11-22-19;1-2/h4,6,8-11,13H,3,5,7,12H2,1-2H3;1-2H3/b14-4+;. The van der Waals surface area contributed by atoms with Crippen molar-refractivity contribution < 1.29 is 13.9 Å². The average molecular weight is 358 g/mol. The highest BCUT2D eigenvalue weighted by Crippen LogP contribution is 2.24. The molecule has 0 atom stereocenters. The Labute approximate surface area is 155 Å². The van der Waals surface area contributed by atoms with Crippen LogP contribution in [0.25, 0.3) is 11.4 Å². The van der Waals surface area contributed by atoms with E-state index in [-0.39, 0.29) is 12.2 Å². The third-order valence-electron chi connectivity index (χ3n) is 3.61. The minimum Gasteiger partial charge on any atom is -0.423 e. The maximum absolute atomic E-state index is 14.2. The molecule has 1 aromatic heterocycles. The van der Waals surface area contributed by atoms with E-state index >= 15 is 0 Å². The predicted molar refractivity (Wildman–Crippen MR) is 102 cm³/mol. The number of carbonyl (C=O) groups is 1. The molecule has 0 aliphatic carbocycles. The Morgan fingerprint density at radius 2 is 1.92 bits per heavy atom. The first kappa shape index (κ1) is 21.5. The average Bonchev–Trinajstić information content (AvgIpc) is 2.69. The second-order valence-corrected chi connectivity index (χ2v) is 5.42.